The van der Waals surface area contributed by atoms with Gasteiger partial charge in [-0.3, -0.25) is 0 Å². The van der Waals surface area contributed by atoms with Crippen LogP contribution in [0.1, 0.15) is 37.7 Å². The normalized spacial score (nSPS) is 19.4. The van der Waals surface area contributed by atoms with Crippen molar-refractivity contribution in [1.29, 1.82) is 0 Å². The number of carboxylic acid groups (broad SMARTS) is 1. The maximum Gasteiger partial charge on any atom is 0.231 e. The first-order chi connectivity index (χ1) is 10.2. The Balaban J connectivity index is 1.72. The number of carboxylic acids is 1. The number of benzene rings is 1. The second kappa shape index (κ2) is 6.35. The van der Waals surface area contributed by atoms with Gasteiger partial charge in [-0.05, 0) is 43.9 Å². The Morgan fingerprint density at radius 1 is 1.19 bits per heavy atom. The zero-order valence-corrected chi connectivity index (χ0v) is 12.1. The Morgan fingerprint density at radius 2 is 1.95 bits per heavy atom. The van der Waals surface area contributed by atoms with E-state index in [0.29, 0.717) is 12.6 Å². The smallest absolute Gasteiger partial charge is 0.231 e. The predicted molar refractivity (Wildman–Crippen MR) is 74.0 cm³/mol. The molecule has 1 unspecified atom stereocenters. The van der Waals surface area contributed by atoms with Gasteiger partial charge in [-0.2, -0.15) is 0 Å². The Morgan fingerprint density at radius 3 is 2.71 bits per heavy atom. The minimum atomic E-state index is -0.976. The molecule has 1 aliphatic heterocycles. The van der Waals surface area contributed by atoms with E-state index in [-0.39, 0.29) is 13.3 Å². The third-order valence-corrected chi connectivity index (χ3v) is 4.42. The first kappa shape index (κ1) is 14.2. The third-order valence-electron chi connectivity index (χ3n) is 4.42. The molecule has 1 saturated carbocycles. The number of quaternary nitrogens is 1. The molecule has 1 N–H and O–H groups in total. The van der Waals surface area contributed by atoms with Crippen LogP contribution in [0, 0.1) is 0 Å². The molecule has 1 aromatic rings. The van der Waals surface area contributed by atoms with Gasteiger partial charge in [0.05, 0.1) is 12.0 Å². The van der Waals surface area contributed by atoms with E-state index in [4.69, 9.17) is 9.47 Å². The maximum atomic E-state index is 11.1. The molecule has 21 heavy (non-hydrogen) atoms. The fourth-order valence-corrected chi connectivity index (χ4v) is 3.36. The van der Waals surface area contributed by atoms with Gasteiger partial charge in [0.1, 0.15) is 13.1 Å². The van der Waals surface area contributed by atoms with Crippen molar-refractivity contribution >= 4 is 5.97 Å². The van der Waals surface area contributed by atoms with Gasteiger partial charge >= 0.3 is 0 Å². The number of ether oxygens (including phenoxy) is 2. The van der Waals surface area contributed by atoms with Crippen LogP contribution in [0.25, 0.3) is 0 Å². The van der Waals surface area contributed by atoms with Crippen LogP contribution in [0.4, 0.5) is 0 Å². The van der Waals surface area contributed by atoms with Crippen molar-refractivity contribution in [3.05, 3.63) is 23.8 Å². The lowest BCUT2D eigenvalue weighted by atomic mass is 9.94. The van der Waals surface area contributed by atoms with Crippen molar-refractivity contribution in [2.24, 2.45) is 0 Å². The SMILES string of the molecule is O=C([O-])C[NH+](Cc1ccc2c(c1)OCO2)C1CCCCC1. The lowest BCUT2D eigenvalue weighted by Gasteiger charge is -2.31. The summed E-state index contributed by atoms with van der Waals surface area (Å²) in [6.45, 7) is 1.02. The van der Waals surface area contributed by atoms with Crippen LogP contribution >= 0.6 is 0 Å². The van der Waals surface area contributed by atoms with E-state index in [1.807, 2.05) is 18.2 Å². The van der Waals surface area contributed by atoms with Crippen LogP contribution in [0.15, 0.2) is 18.2 Å². The summed E-state index contributed by atoms with van der Waals surface area (Å²) in [6.07, 6.45) is 5.87. The van der Waals surface area contributed by atoms with Gasteiger partial charge in [0.15, 0.2) is 11.5 Å². The molecule has 0 amide bonds. The van der Waals surface area contributed by atoms with Gasteiger partial charge in [-0.25, -0.2) is 0 Å². The zero-order valence-electron chi connectivity index (χ0n) is 12.1. The van der Waals surface area contributed by atoms with E-state index in [9.17, 15) is 9.90 Å². The van der Waals surface area contributed by atoms with Gasteiger partial charge in [-0.1, -0.05) is 6.42 Å². The summed E-state index contributed by atoms with van der Waals surface area (Å²) in [5.74, 6) is 0.540. The maximum absolute atomic E-state index is 11.1. The van der Waals surface area contributed by atoms with Crippen molar-refractivity contribution in [1.82, 2.24) is 0 Å². The van der Waals surface area contributed by atoms with Crippen molar-refractivity contribution in [3.8, 4) is 11.5 Å². The molecule has 3 rings (SSSR count). The number of carbonyl (C=O) groups excluding carboxylic acids is 1. The molecule has 0 saturated heterocycles. The highest BCUT2D eigenvalue weighted by Gasteiger charge is 2.25. The standard InChI is InChI=1S/C16H21NO4/c18-16(19)10-17(13-4-2-1-3-5-13)9-12-6-7-14-15(8-12)21-11-20-14/h6-8,13H,1-5,9-11H2,(H,18,19). The summed E-state index contributed by atoms with van der Waals surface area (Å²) in [7, 11) is 0. The van der Waals surface area contributed by atoms with Crippen LogP contribution < -0.4 is 19.5 Å². The van der Waals surface area contributed by atoms with E-state index < -0.39 is 5.97 Å². The minimum Gasteiger partial charge on any atom is -0.544 e. The monoisotopic (exact) mass is 291 g/mol. The number of nitrogens with one attached hydrogen (secondary N) is 1. The number of fused-ring (bicyclic) bond motifs is 1. The van der Waals surface area contributed by atoms with Crippen molar-refractivity contribution in [2.75, 3.05) is 13.3 Å². The molecule has 5 heteroatoms. The topological polar surface area (TPSA) is 63.0 Å². The molecule has 0 bridgehead atoms. The Hall–Kier alpha value is -1.75. The van der Waals surface area contributed by atoms with Crippen LogP contribution in [-0.2, 0) is 11.3 Å². The Kier molecular flexibility index (Phi) is 4.29. The number of rotatable bonds is 5. The minimum absolute atomic E-state index is 0.0686. The van der Waals surface area contributed by atoms with Gasteiger partial charge in [0, 0.05) is 5.56 Å². The summed E-state index contributed by atoms with van der Waals surface area (Å²) >= 11 is 0. The molecule has 1 heterocycles. The summed E-state index contributed by atoms with van der Waals surface area (Å²) in [5.41, 5.74) is 1.08. The van der Waals surface area contributed by atoms with E-state index in [2.05, 4.69) is 0 Å². The highest BCUT2D eigenvalue weighted by Crippen LogP contribution is 2.32. The van der Waals surface area contributed by atoms with Gasteiger partial charge in [0.25, 0.3) is 0 Å². The average molecular weight is 291 g/mol. The summed E-state index contributed by atoms with van der Waals surface area (Å²) in [6, 6.07) is 6.27. The number of hydrogen-bond donors (Lipinski definition) is 1. The van der Waals surface area contributed by atoms with Gasteiger partial charge in [0.2, 0.25) is 6.79 Å². The van der Waals surface area contributed by atoms with Gasteiger partial charge < -0.3 is 24.3 Å². The lowest BCUT2D eigenvalue weighted by Crippen LogP contribution is -3.15. The van der Waals surface area contributed by atoms with Gasteiger partial charge in [-0.15, -0.1) is 0 Å². The highest BCUT2D eigenvalue weighted by molar-refractivity contribution is 5.65. The fraction of sp³-hybridized carbons (Fsp3) is 0.562. The molecular weight excluding hydrogens is 270 g/mol. The molecule has 5 nitrogen and oxygen atoms in total. The van der Waals surface area contributed by atoms with E-state index in [0.717, 1.165) is 34.8 Å². The van der Waals surface area contributed by atoms with Crippen molar-refractivity contribution in [3.63, 3.8) is 0 Å². The first-order valence-electron chi connectivity index (χ1n) is 7.65. The number of carbonyl (C=O) groups is 1. The molecule has 1 aliphatic carbocycles. The number of aliphatic carboxylic acids is 1. The molecule has 114 valence electrons. The molecule has 0 radical (unpaired) electrons. The lowest BCUT2D eigenvalue weighted by molar-refractivity contribution is -0.934. The van der Waals surface area contributed by atoms with E-state index in [1.165, 1.54) is 19.3 Å². The predicted octanol–water partition coefficient (Wildman–Crippen LogP) is -0.117. The summed E-state index contributed by atoms with van der Waals surface area (Å²) < 4.78 is 10.7. The molecular formula is C16H21NO4. The second-order valence-electron chi connectivity index (χ2n) is 5.91. The Bertz CT molecular complexity index is 511. The average Bonchev–Trinajstić information content (AvgIpc) is 2.94. The zero-order chi connectivity index (χ0) is 14.7. The molecule has 0 spiro atoms. The third kappa shape index (κ3) is 3.47. The van der Waals surface area contributed by atoms with E-state index >= 15 is 0 Å². The quantitative estimate of drug-likeness (QED) is 0.822. The summed E-state index contributed by atoms with van der Waals surface area (Å²) in [5, 5.41) is 11.1. The molecule has 1 fully saturated rings. The number of hydrogen-bond acceptors (Lipinski definition) is 4. The van der Waals surface area contributed by atoms with Crippen molar-refractivity contribution < 1.29 is 24.3 Å². The molecule has 1 atom stereocenters. The fourth-order valence-electron chi connectivity index (χ4n) is 3.36. The van der Waals surface area contributed by atoms with Crippen LogP contribution in [-0.4, -0.2) is 25.3 Å². The first-order valence-corrected chi connectivity index (χ1v) is 7.65. The highest BCUT2D eigenvalue weighted by atomic mass is 16.7. The van der Waals surface area contributed by atoms with Crippen LogP contribution in [0.5, 0.6) is 11.5 Å². The van der Waals surface area contributed by atoms with Crippen LogP contribution in [0.3, 0.4) is 0 Å². The molecule has 1 aromatic carbocycles. The molecule has 2 aliphatic rings. The largest absolute Gasteiger partial charge is 0.544 e. The summed E-state index contributed by atoms with van der Waals surface area (Å²) in [4.78, 5) is 12.1. The van der Waals surface area contributed by atoms with Crippen LogP contribution in [0.2, 0.25) is 0 Å². The Labute approximate surface area is 124 Å². The van der Waals surface area contributed by atoms with Crippen molar-refractivity contribution in [2.45, 2.75) is 44.7 Å². The second-order valence-corrected chi connectivity index (χ2v) is 5.91. The van der Waals surface area contributed by atoms with E-state index in [1.54, 1.807) is 0 Å². The molecule has 0 aromatic heterocycles.